The molecular formula is C12H21Cl2N3O. The Morgan fingerprint density at radius 1 is 1.50 bits per heavy atom. The summed E-state index contributed by atoms with van der Waals surface area (Å²) in [5, 5.41) is 8.54. The topological polar surface area (TPSA) is 39.1 Å². The van der Waals surface area contributed by atoms with E-state index in [1.165, 1.54) is 0 Å². The van der Waals surface area contributed by atoms with Crippen molar-refractivity contribution >= 4 is 23.2 Å². The molecule has 1 aromatic rings. The predicted molar refractivity (Wildman–Crippen MR) is 75.5 cm³/mol. The number of nitrogens with zero attached hydrogens (tertiary/aromatic N) is 2. The third-order valence-corrected chi connectivity index (χ3v) is 3.55. The standard InChI is InChI=1S/C12H21Cl2N3O/c1-4-17-11(12(14)9(2)16-17)7-15-10(5-6-13)8-18-3/h10,15H,4-8H2,1-3H3. The average Bonchev–Trinajstić information content (AvgIpc) is 2.63. The summed E-state index contributed by atoms with van der Waals surface area (Å²) in [6, 6.07) is 0.240. The number of methoxy groups -OCH3 is 1. The van der Waals surface area contributed by atoms with Crippen molar-refractivity contribution in [1.82, 2.24) is 15.1 Å². The lowest BCUT2D eigenvalue weighted by molar-refractivity contribution is 0.163. The van der Waals surface area contributed by atoms with Crippen LogP contribution in [0.15, 0.2) is 0 Å². The number of ether oxygens (including phenoxy) is 1. The Kier molecular flexibility index (Phi) is 7.00. The lowest BCUT2D eigenvalue weighted by atomic mass is 10.2. The second kappa shape index (κ2) is 8.00. The molecule has 104 valence electrons. The van der Waals surface area contributed by atoms with Gasteiger partial charge in [-0.3, -0.25) is 4.68 Å². The van der Waals surface area contributed by atoms with Crippen LogP contribution in [0, 0.1) is 6.92 Å². The van der Waals surface area contributed by atoms with Crippen molar-refractivity contribution in [3.63, 3.8) is 0 Å². The molecule has 1 heterocycles. The van der Waals surface area contributed by atoms with Crippen molar-refractivity contribution in [2.45, 2.75) is 39.4 Å². The van der Waals surface area contributed by atoms with E-state index in [0.717, 1.165) is 29.4 Å². The molecule has 0 aliphatic rings. The average molecular weight is 294 g/mol. The zero-order valence-electron chi connectivity index (χ0n) is 11.2. The van der Waals surface area contributed by atoms with Crippen molar-refractivity contribution in [2.75, 3.05) is 19.6 Å². The molecule has 0 aromatic carbocycles. The van der Waals surface area contributed by atoms with Gasteiger partial charge in [0.15, 0.2) is 0 Å². The van der Waals surface area contributed by atoms with Crippen LogP contribution in [0.25, 0.3) is 0 Å². The lowest BCUT2D eigenvalue weighted by Gasteiger charge is -2.17. The first-order valence-electron chi connectivity index (χ1n) is 6.14. The van der Waals surface area contributed by atoms with E-state index < -0.39 is 0 Å². The number of hydrogen-bond donors (Lipinski definition) is 1. The van der Waals surface area contributed by atoms with Gasteiger partial charge in [-0.2, -0.15) is 5.10 Å². The minimum atomic E-state index is 0.240. The lowest BCUT2D eigenvalue weighted by Crippen LogP contribution is -2.34. The molecule has 0 spiro atoms. The molecule has 1 atom stereocenters. The normalized spacial score (nSPS) is 12.9. The molecule has 4 nitrogen and oxygen atoms in total. The number of halogens is 2. The molecule has 6 heteroatoms. The molecule has 0 saturated heterocycles. The molecule has 1 aromatic heterocycles. The summed E-state index contributed by atoms with van der Waals surface area (Å²) in [6.45, 7) is 6.11. The number of alkyl halides is 1. The number of rotatable bonds is 8. The second-order valence-electron chi connectivity index (χ2n) is 4.17. The first-order valence-corrected chi connectivity index (χ1v) is 7.05. The summed E-state index contributed by atoms with van der Waals surface area (Å²) in [6.07, 6.45) is 0.867. The Morgan fingerprint density at radius 2 is 2.22 bits per heavy atom. The maximum Gasteiger partial charge on any atom is 0.0860 e. The number of hydrogen-bond acceptors (Lipinski definition) is 3. The molecule has 18 heavy (non-hydrogen) atoms. The van der Waals surface area contributed by atoms with E-state index in [9.17, 15) is 0 Å². The van der Waals surface area contributed by atoms with Gasteiger partial charge in [0.25, 0.3) is 0 Å². The van der Waals surface area contributed by atoms with Crippen LogP contribution >= 0.6 is 23.2 Å². The molecule has 1 N–H and O–H groups in total. The summed E-state index contributed by atoms with van der Waals surface area (Å²) < 4.78 is 7.09. The first-order chi connectivity index (χ1) is 8.63. The first kappa shape index (κ1) is 15.8. The van der Waals surface area contributed by atoms with E-state index in [4.69, 9.17) is 27.9 Å². The van der Waals surface area contributed by atoms with Gasteiger partial charge in [-0.15, -0.1) is 11.6 Å². The van der Waals surface area contributed by atoms with Crippen LogP contribution in [-0.4, -0.2) is 35.4 Å². The van der Waals surface area contributed by atoms with Gasteiger partial charge < -0.3 is 10.1 Å². The van der Waals surface area contributed by atoms with Crippen molar-refractivity contribution in [3.05, 3.63) is 16.4 Å². The maximum absolute atomic E-state index is 6.25. The monoisotopic (exact) mass is 293 g/mol. The molecule has 0 aliphatic heterocycles. The molecule has 0 aliphatic carbocycles. The van der Waals surface area contributed by atoms with Gasteiger partial charge in [0, 0.05) is 32.1 Å². The molecule has 1 rings (SSSR count). The Bertz CT molecular complexity index is 362. The summed E-state index contributed by atoms with van der Waals surface area (Å²) >= 11 is 12.0. The quantitative estimate of drug-likeness (QED) is 0.749. The van der Waals surface area contributed by atoms with Gasteiger partial charge in [-0.25, -0.2) is 0 Å². The second-order valence-corrected chi connectivity index (χ2v) is 4.93. The van der Waals surface area contributed by atoms with Crippen LogP contribution in [0.2, 0.25) is 5.02 Å². The summed E-state index contributed by atoms with van der Waals surface area (Å²) in [7, 11) is 1.69. The molecular weight excluding hydrogens is 273 g/mol. The zero-order chi connectivity index (χ0) is 13.5. The van der Waals surface area contributed by atoms with Crippen LogP contribution in [0.5, 0.6) is 0 Å². The van der Waals surface area contributed by atoms with Crippen LogP contribution in [-0.2, 0) is 17.8 Å². The number of aryl methyl sites for hydroxylation is 2. The van der Waals surface area contributed by atoms with Crippen molar-refractivity contribution < 1.29 is 4.74 Å². The van der Waals surface area contributed by atoms with Gasteiger partial charge in [-0.05, 0) is 20.3 Å². The fourth-order valence-electron chi connectivity index (χ4n) is 1.86. The van der Waals surface area contributed by atoms with Gasteiger partial charge in [0.2, 0.25) is 0 Å². The summed E-state index contributed by atoms with van der Waals surface area (Å²) in [4.78, 5) is 0. The van der Waals surface area contributed by atoms with Crippen LogP contribution in [0.4, 0.5) is 0 Å². The highest BCUT2D eigenvalue weighted by Crippen LogP contribution is 2.20. The van der Waals surface area contributed by atoms with Crippen LogP contribution in [0.1, 0.15) is 24.7 Å². The SMILES string of the molecule is CCn1nc(C)c(Cl)c1CNC(CCCl)COC. The Morgan fingerprint density at radius 3 is 2.78 bits per heavy atom. The van der Waals surface area contributed by atoms with E-state index in [2.05, 4.69) is 17.3 Å². The van der Waals surface area contributed by atoms with E-state index in [-0.39, 0.29) is 6.04 Å². The highest BCUT2D eigenvalue weighted by molar-refractivity contribution is 6.31. The minimum absolute atomic E-state index is 0.240. The van der Waals surface area contributed by atoms with Gasteiger partial charge in [0.1, 0.15) is 0 Å². The molecule has 0 fully saturated rings. The molecule has 0 bridgehead atoms. The minimum Gasteiger partial charge on any atom is -0.383 e. The third kappa shape index (κ3) is 4.12. The predicted octanol–water partition coefficient (Wildman–Crippen LogP) is 2.60. The molecule has 0 radical (unpaired) electrons. The van der Waals surface area contributed by atoms with E-state index in [1.807, 2.05) is 11.6 Å². The molecule has 0 saturated carbocycles. The van der Waals surface area contributed by atoms with Crippen molar-refractivity contribution in [1.29, 1.82) is 0 Å². The van der Waals surface area contributed by atoms with Gasteiger partial charge in [0.05, 0.1) is 23.0 Å². The van der Waals surface area contributed by atoms with Gasteiger partial charge >= 0.3 is 0 Å². The summed E-state index contributed by atoms with van der Waals surface area (Å²) in [5.74, 6) is 0.612. The Hall–Kier alpha value is -0.290. The highest BCUT2D eigenvalue weighted by atomic mass is 35.5. The Labute approximate surface area is 119 Å². The van der Waals surface area contributed by atoms with E-state index in [1.54, 1.807) is 7.11 Å². The zero-order valence-corrected chi connectivity index (χ0v) is 12.7. The molecule has 1 unspecified atom stereocenters. The fourth-order valence-corrected chi connectivity index (χ4v) is 2.32. The number of aromatic nitrogens is 2. The van der Waals surface area contributed by atoms with Crippen LogP contribution < -0.4 is 5.32 Å². The number of nitrogens with one attached hydrogen (secondary N) is 1. The maximum atomic E-state index is 6.25. The third-order valence-electron chi connectivity index (χ3n) is 2.84. The fraction of sp³-hybridized carbons (Fsp3) is 0.750. The smallest absolute Gasteiger partial charge is 0.0860 e. The largest absolute Gasteiger partial charge is 0.383 e. The highest BCUT2D eigenvalue weighted by Gasteiger charge is 2.14. The van der Waals surface area contributed by atoms with E-state index >= 15 is 0 Å². The molecule has 0 amide bonds. The van der Waals surface area contributed by atoms with E-state index in [0.29, 0.717) is 19.0 Å². The Balaban J connectivity index is 2.66. The summed E-state index contributed by atoms with van der Waals surface area (Å²) in [5.41, 5.74) is 1.89. The van der Waals surface area contributed by atoms with Gasteiger partial charge in [-0.1, -0.05) is 11.6 Å². The van der Waals surface area contributed by atoms with Crippen molar-refractivity contribution in [2.24, 2.45) is 0 Å². The van der Waals surface area contributed by atoms with Crippen LogP contribution in [0.3, 0.4) is 0 Å². The van der Waals surface area contributed by atoms with Crippen molar-refractivity contribution in [3.8, 4) is 0 Å².